The fourth-order valence-electron chi connectivity index (χ4n) is 5.14. The van der Waals surface area contributed by atoms with Crippen molar-refractivity contribution in [3.8, 4) is 0 Å². The van der Waals surface area contributed by atoms with Crippen molar-refractivity contribution in [2.24, 2.45) is 0 Å². The van der Waals surface area contributed by atoms with Crippen molar-refractivity contribution >= 4 is 11.4 Å². The molecule has 1 aliphatic heterocycles. The minimum atomic E-state index is 0. The van der Waals surface area contributed by atoms with Crippen LogP contribution in [0.4, 0.5) is 0 Å². The predicted molar refractivity (Wildman–Crippen MR) is 159 cm³/mol. The van der Waals surface area contributed by atoms with E-state index < -0.39 is 0 Å². The topological polar surface area (TPSA) is 25.3 Å². The monoisotopic (exact) mass is 544 g/mol. The van der Waals surface area contributed by atoms with Gasteiger partial charge in [0.15, 0.2) is 0 Å². The molecule has 2 aromatic carbocycles. The molecule has 206 valence electrons. The second kappa shape index (κ2) is 18.3. The Morgan fingerprint density at radius 1 is 0.595 bits per heavy atom. The first-order valence-electron chi connectivity index (χ1n) is 13.8. The molecule has 0 aliphatic carbocycles. The van der Waals surface area contributed by atoms with Gasteiger partial charge in [0.1, 0.15) is 0 Å². The van der Waals surface area contributed by atoms with Gasteiger partial charge >= 0.3 is 16.5 Å². The summed E-state index contributed by atoms with van der Waals surface area (Å²) < 4.78 is 1.52. The van der Waals surface area contributed by atoms with E-state index in [9.17, 15) is 5.53 Å². The Labute approximate surface area is 239 Å². The van der Waals surface area contributed by atoms with Gasteiger partial charge in [0.2, 0.25) is 11.4 Å². The first kappa shape index (κ1) is 35.0. The molecule has 0 bridgehead atoms. The maximum Gasteiger partial charge on any atom is 2.00 e. The Hall–Kier alpha value is -1.99. The van der Waals surface area contributed by atoms with Gasteiger partial charge in [-0.05, 0) is 80.3 Å². The molecule has 0 saturated heterocycles. The predicted octanol–water partition coefficient (Wildman–Crippen LogP) is 10.8. The van der Waals surface area contributed by atoms with Crippen molar-refractivity contribution in [3.63, 3.8) is 0 Å². The van der Waals surface area contributed by atoms with Crippen LogP contribution in [0.15, 0.2) is 59.7 Å². The molecule has 0 amide bonds. The second-order valence-corrected chi connectivity index (χ2v) is 9.74. The summed E-state index contributed by atoms with van der Waals surface area (Å²) in [5, 5.41) is 0. The number of hydrogen-bond donors (Lipinski definition) is 0. The molecular weight excluding hydrogens is 495 g/mol. The molecular formula is C34H50N2Ni. The summed E-state index contributed by atoms with van der Waals surface area (Å²) in [7, 11) is 0. The third-order valence-electron chi connectivity index (χ3n) is 7.03. The average molecular weight is 545 g/mol. The van der Waals surface area contributed by atoms with Crippen molar-refractivity contribution < 1.29 is 21.2 Å². The van der Waals surface area contributed by atoms with E-state index in [1.54, 1.807) is 0 Å². The molecule has 2 nitrogen and oxygen atoms in total. The smallest absolute Gasteiger partial charge is 0.493 e. The quantitative estimate of drug-likeness (QED) is 0.0977. The first-order valence-corrected chi connectivity index (χ1v) is 13.8. The van der Waals surface area contributed by atoms with E-state index in [4.69, 9.17) is 0 Å². The van der Waals surface area contributed by atoms with Crippen LogP contribution in [-0.4, -0.2) is 4.70 Å². The van der Waals surface area contributed by atoms with E-state index in [1.165, 1.54) is 78.3 Å². The maximum atomic E-state index is 11.7. The molecule has 2 aromatic rings. The number of aryl methyl sites for hydroxylation is 2. The number of allylic oxidation sites excluding steroid dienone is 2. The van der Waals surface area contributed by atoms with Crippen molar-refractivity contribution in [2.75, 3.05) is 0 Å². The fraction of sp³-hybridized carbons (Fsp3) is 0.471. The van der Waals surface area contributed by atoms with Gasteiger partial charge in [-0.3, -0.25) is 0 Å². The van der Waals surface area contributed by atoms with Crippen molar-refractivity contribution in [1.82, 2.24) is 0 Å². The third-order valence-corrected chi connectivity index (χ3v) is 7.03. The Bertz CT molecular complexity index is 1030. The second-order valence-electron chi connectivity index (χ2n) is 9.74. The molecule has 37 heavy (non-hydrogen) atoms. The summed E-state index contributed by atoms with van der Waals surface area (Å²) in [4.78, 5) is 0. The van der Waals surface area contributed by atoms with Crippen LogP contribution in [-0.2, 0) is 29.3 Å². The van der Waals surface area contributed by atoms with Crippen LogP contribution in [0, 0.1) is 14.9 Å². The zero-order chi connectivity index (χ0) is 24.3. The van der Waals surface area contributed by atoms with Crippen LogP contribution in [0.5, 0.6) is 0 Å². The SMILES string of the molecule is CCCCCCC1=C(c2cccc(CCCC)c2)[N+](=[N-])C(c2cccc(CCCC)c2)=C1CC.[CH3-].[CH3-].[Ni+2]. The van der Waals surface area contributed by atoms with Gasteiger partial charge in [0, 0.05) is 22.3 Å². The van der Waals surface area contributed by atoms with Crippen LogP contribution in [0.2, 0.25) is 0 Å². The van der Waals surface area contributed by atoms with E-state index in [2.05, 4.69) is 76.2 Å². The molecule has 1 aliphatic rings. The van der Waals surface area contributed by atoms with E-state index in [-0.39, 0.29) is 31.3 Å². The normalized spacial score (nSPS) is 12.8. The summed E-state index contributed by atoms with van der Waals surface area (Å²) in [5.74, 6) is 0. The zero-order valence-corrected chi connectivity index (χ0v) is 25.3. The van der Waals surface area contributed by atoms with Crippen LogP contribution in [0.3, 0.4) is 0 Å². The molecule has 0 unspecified atom stereocenters. The van der Waals surface area contributed by atoms with Gasteiger partial charge in [-0.1, -0.05) is 84.1 Å². The van der Waals surface area contributed by atoms with E-state index in [0.29, 0.717) is 0 Å². The third kappa shape index (κ3) is 9.06. The molecule has 0 saturated carbocycles. The minimum absolute atomic E-state index is 0. The molecule has 0 fully saturated rings. The molecule has 0 radical (unpaired) electrons. The summed E-state index contributed by atoms with van der Waals surface area (Å²) >= 11 is 0. The van der Waals surface area contributed by atoms with E-state index >= 15 is 0 Å². The summed E-state index contributed by atoms with van der Waals surface area (Å²) in [6, 6.07) is 17.7. The number of unbranched alkanes of at least 4 members (excludes halogenated alkanes) is 5. The number of hydrogen-bond acceptors (Lipinski definition) is 0. The molecule has 3 heteroatoms. The van der Waals surface area contributed by atoms with Crippen molar-refractivity contribution in [1.29, 1.82) is 0 Å². The summed E-state index contributed by atoms with van der Waals surface area (Å²) in [6.45, 7) is 8.98. The Balaban J connectivity index is 0.00000432. The number of benzene rings is 2. The van der Waals surface area contributed by atoms with Gasteiger partial charge in [0.25, 0.3) is 0 Å². The number of nitrogens with zero attached hydrogens (tertiary/aromatic N) is 2. The van der Waals surface area contributed by atoms with Gasteiger partial charge in [-0.25, -0.2) is 4.70 Å². The maximum absolute atomic E-state index is 11.7. The summed E-state index contributed by atoms with van der Waals surface area (Å²) in [6.07, 6.45) is 13.8. The van der Waals surface area contributed by atoms with Gasteiger partial charge in [0.05, 0.1) is 0 Å². The van der Waals surface area contributed by atoms with Gasteiger partial charge < -0.3 is 20.4 Å². The van der Waals surface area contributed by atoms with Crippen LogP contribution >= 0.6 is 0 Å². The molecule has 0 aromatic heterocycles. The van der Waals surface area contributed by atoms with Gasteiger partial charge in [-0.2, -0.15) is 0 Å². The van der Waals surface area contributed by atoms with E-state index in [0.717, 1.165) is 48.2 Å². The standard InChI is InChI=1S/C32H44N2.2CH3.Ni/c1-5-9-12-13-22-30-29(8-4)31(27-20-14-18-25(23-27)16-10-6-2)34(33)32(30)28-21-15-19-26(24-28)17-11-7-3;;;/h14-15,18-21,23-24H,5-13,16-17,22H2,1-4H3;2*1H3;/q;2*-1;+2. The molecule has 3 rings (SSSR count). The minimum Gasteiger partial charge on any atom is -0.493 e. The fourth-order valence-corrected chi connectivity index (χ4v) is 5.14. The Morgan fingerprint density at radius 2 is 1.08 bits per heavy atom. The van der Waals surface area contributed by atoms with Crippen LogP contribution < -0.4 is 0 Å². The van der Waals surface area contributed by atoms with Crippen molar-refractivity contribution in [2.45, 2.75) is 105 Å². The zero-order valence-electron chi connectivity index (χ0n) is 24.3. The van der Waals surface area contributed by atoms with Crippen molar-refractivity contribution in [3.05, 3.63) is 102 Å². The Morgan fingerprint density at radius 3 is 1.54 bits per heavy atom. The number of rotatable bonds is 14. The van der Waals surface area contributed by atoms with E-state index in [1.807, 2.05) is 0 Å². The van der Waals surface area contributed by atoms with Gasteiger partial charge in [-0.15, -0.1) is 0 Å². The Kier molecular flexibility index (Phi) is 17.3. The molecule has 0 N–H and O–H groups in total. The molecule has 0 spiro atoms. The average Bonchev–Trinajstić information content (AvgIpc) is 3.15. The van der Waals surface area contributed by atoms with Crippen LogP contribution in [0.25, 0.3) is 16.9 Å². The molecule has 1 heterocycles. The molecule has 0 atom stereocenters. The largest absolute Gasteiger partial charge is 2.00 e. The first-order chi connectivity index (χ1) is 16.6. The summed E-state index contributed by atoms with van der Waals surface area (Å²) in [5.41, 5.74) is 21.3. The van der Waals surface area contributed by atoms with Crippen LogP contribution in [0.1, 0.15) is 114 Å².